The molecular formula is C14H20N2O12S3. The van der Waals surface area contributed by atoms with Crippen LogP contribution in [0.3, 0.4) is 0 Å². The van der Waals surface area contributed by atoms with Crippen LogP contribution in [0.4, 0.5) is 0 Å². The zero-order valence-electron chi connectivity index (χ0n) is 15.5. The van der Waals surface area contributed by atoms with Crippen LogP contribution in [0.5, 0.6) is 11.5 Å². The van der Waals surface area contributed by atoms with Crippen molar-refractivity contribution in [1.82, 2.24) is 0 Å². The Morgan fingerprint density at radius 2 is 0.903 bits per heavy atom. The normalized spacial score (nSPS) is 11.5. The lowest BCUT2D eigenvalue weighted by molar-refractivity contribution is -0.522. The van der Waals surface area contributed by atoms with Gasteiger partial charge in [-0.05, 0) is 24.3 Å². The molecule has 2 rings (SSSR count). The van der Waals surface area contributed by atoms with Gasteiger partial charge < -0.3 is 19.3 Å². The van der Waals surface area contributed by atoms with E-state index in [1.807, 2.05) is 0 Å². The number of quaternary nitrogens is 2. The maximum Gasteiger partial charge on any atom is 0.429 e. The quantitative estimate of drug-likeness (QED) is 0.172. The average molecular weight is 505 g/mol. The molecule has 0 aliphatic carbocycles. The fraction of sp³-hybridized carbons (Fsp3) is 0.143. The summed E-state index contributed by atoms with van der Waals surface area (Å²) in [5.74, 6) is 0.0322. The van der Waals surface area contributed by atoms with E-state index in [2.05, 4.69) is 0 Å². The highest BCUT2D eigenvalue weighted by Gasteiger charge is 2.10. The summed E-state index contributed by atoms with van der Waals surface area (Å²) >= 11 is 0. The topological polar surface area (TPSA) is 263 Å². The molecule has 8 N–H and O–H groups in total. The molecule has 14 nitrogen and oxygen atoms in total. The molecule has 0 atom stereocenters. The molecule has 0 aliphatic heterocycles. The molecule has 0 aliphatic rings. The lowest BCUT2D eigenvalue weighted by Gasteiger charge is -2.06. The zero-order chi connectivity index (χ0) is 24.3. The first-order valence-electron chi connectivity index (χ1n) is 7.80. The highest BCUT2D eigenvalue weighted by Crippen LogP contribution is 2.14. The summed E-state index contributed by atoms with van der Waals surface area (Å²) in [4.78, 5) is 0. The second-order valence-corrected chi connectivity index (χ2v) is 8.98. The van der Waals surface area contributed by atoms with Crippen molar-refractivity contribution in [3.63, 3.8) is 0 Å². The van der Waals surface area contributed by atoms with Crippen LogP contribution >= 0.6 is 0 Å². The van der Waals surface area contributed by atoms with Crippen molar-refractivity contribution in [2.75, 3.05) is 0 Å². The largest absolute Gasteiger partial charge is 0.759 e. The minimum atomic E-state index is -5.17. The van der Waals surface area contributed by atoms with E-state index in [9.17, 15) is 27.0 Å². The van der Waals surface area contributed by atoms with E-state index < -0.39 is 31.0 Å². The number of phenolic OH excluding ortho intramolecular Hbond substituents is 2. The predicted octanol–water partition coefficient (Wildman–Crippen LogP) is -2.82. The Balaban J connectivity index is 0.000000479. The number of para-hydroxylation sites is 2. The van der Waals surface area contributed by atoms with Gasteiger partial charge in [-0.25, -0.2) is 18.5 Å². The molecule has 0 aromatic heterocycles. The molecule has 2 aromatic rings. The summed E-state index contributed by atoms with van der Waals surface area (Å²) in [5, 5.41) is 18.4. The first-order valence-corrected chi connectivity index (χ1v) is 12.1. The Bertz CT molecular complexity index is 1060. The van der Waals surface area contributed by atoms with Crippen LogP contribution < -0.4 is 9.44 Å². The van der Waals surface area contributed by atoms with Crippen molar-refractivity contribution in [1.29, 1.82) is 0 Å². The second-order valence-electron chi connectivity index (χ2n) is 5.44. The van der Waals surface area contributed by atoms with E-state index in [1.165, 1.54) is 12.1 Å². The highest BCUT2D eigenvalue weighted by molar-refractivity contribution is 7.79. The number of hydrogen-bond acceptors (Lipinski definition) is 10. The van der Waals surface area contributed by atoms with Crippen molar-refractivity contribution in [2.24, 2.45) is 0 Å². The van der Waals surface area contributed by atoms with Gasteiger partial charge in [-0.3, -0.25) is 8.42 Å². The molecule has 0 saturated carbocycles. The summed E-state index contributed by atoms with van der Waals surface area (Å²) in [6.45, 7) is -0.0169. The summed E-state index contributed by atoms with van der Waals surface area (Å²) in [6.07, 6.45) is 0. The molecular weight excluding hydrogens is 484 g/mol. The first kappa shape index (κ1) is 28.6. The number of rotatable bonds is 6. The average Bonchev–Trinajstić information content (AvgIpc) is 2.58. The molecule has 17 heteroatoms. The number of benzene rings is 2. The summed E-state index contributed by atoms with van der Waals surface area (Å²) in [6, 6.07) is 12.7. The van der Waals surface area contributed by atoms with E-state index in [-0.39, 0.29) is 24.6 Å². The van der Waals surface area contributed by atoms with Gasteiger partial charge in [0.2, 0.25) is 0 Å². The minimum Gasteiger partial charge on any atom is -0.759 e. The van der Waals surface area contributed by atoms with Gasteiger partial charge >= 0.3 is 20.6 Å². The fourth-order valence-electron chi connectivity index (χ4n) is 1.76. The maximum absolute atomic E-state index is 10.3. The van der Waals surface area contributed by atoms with Gasteiger partial charge in [-0.1, -0.05) is 24.3 Å². The minimum absolute atomic E-state index is 0.00843. The van der Waals surface area contributed by atoms with E-state index in [1.54, 1.807) is 36.4 Å². The molecule has 0 amide bonds. The highest BCUT2D eigenvalue weighted by atomic mass is 32.3. The molecule has 0 fully saturated rings. The van der Waals surface area contributed by atoms with Gasteiger partial charge in [-0.15, -0.1) is 16.8 Å². The lowest BCUT2D eigenvalue weighted by atomic mass is 10.2. The third kappa shape index (κ3) is 18.2. The van der Waals surface area contributed by atoms with Crippen molar-refractivity contribution >= 4 is 31.0 Å². The van der Waals surface area contributed by atoms with Crippen LogP contribution in [0.1, 0.15) is 11.1 Å². The molecule has 2 aromatic carbocycles. The van der Waals surface area contributed by atoms with E-state index in [0.717, 1.165) is 9.44 Å². The lowest BCUT2D eigenvalue weighted by Crippen LogP contribution is -2.85. The Kier molecular flexibility index (Phi) is 11.5. The van der Waals surface area contributed by atoms with Crippen LogP contribution in [0.15, 0.2) is 48.5 Å². The first-order chi connectivity index (χ1) is 14.0. The van der Waals surface area contributed by atoms with Crippen molar-refractivity contribution in [2.45, 2.75) is 13.1 Å². The number of nitrogens with two attached hydrogens (primary N) is 2. The van der Waals surface area contributed by atoms with Crippen LogP contribution in [0.25, 0.3) is 0 Å². The summed E-state index contributed by atoms with van der Waals surface area (Å²) in [7, 11) is -13.3. The van der Waals surface area contributed by atoms with E-state index in [0.29, 0.717) is 11.1 Å². The van der Waals surface area contributed by atoms with Gasteiger partial charge in [0.25, 0.3) is 0 Å². The van der Waals surface area contributed by atoms with Gasteiger partial charge in [0.15, 0.2) is 0 Å². The smallest absolute Gasteiger partial charge is 0.429 e. The predicted molar refractivity (Wildman–Crippen MR) is 101 cm³/mol. The van der Waals surface area contributed by atoms with Crippen LogP contribution in [-0.4, -0.2) is 53.7 Å². The molecule has 31 heavy (non-hydrogen) atoms. The third-order valence-electron chi connectivity index (χ3n) is 3.01. The van der Waals surface area contributed by atoms with E-state index >= 15 is 0 Å². The molecule has 0 saturated heterocycles. The molecule has 176 valence electrons. The Morgan fingerprint density at radius 1 is 0.645 bits per heavy atom. The molecule has 0 unspecified atom stereocenters. The summed E-state index contributed by atoms with van der Waals surface area (Å²) in [5.41, 5.74) is 0.917. The Labute approximate surface area is 178 Å². The van der Waals surface area contributed by atoms with Crippen LogP contribution in [0, 0.1) is 0 Å². The number of hydrogen-bond donors (Lipinski definition) is 6. The van der Waals surface area contributed by atoms with Crippen molar-refractivity contribution in [3.8, 4) is 11.5 Å². The SMILES string of the molecule is O=S(=O)(O)[NH2+]Cc1ccccc1O.O=S(=O)(O)[NH2+]Cc1ccccc1O.O=S(=O)([O-])[O-]. The van der Waals surface area contributed by atoms with Crippen molar-refractivity contribution < 1.29 is 63.1 Å². The summed E-state index contributed by atoms with van der Waals surface area (Å²) < 4.78 is 93.7. The maximum atomic E-state index is 10.3. The molecule has 0 spiro atoms. The van der Waals surface area contributed by atoms with Crippen LogP contribution in [-0.2, 0) is 44.1 Å². The Morgan fingerprint density at radius 3 is 1.13 bits per heavy atom. The van der Waals surface area contributed by atoms with Gasteiger partial charge in [0, 0.05) is 21.5 Å². The standard InChI is InChI=1S/2C7H9NO4S.H2O4S/c2*9-7-4-2-1-3-6(7)5-8-13(10,11)12;1-5(2,3)4/h2*1-4,8-9H,5H2,(H,10,11,12);(H2,1,2,3,4). The van der Waals surface area contributed by atoms with Gasteiger partial charge in [0.1, 0.15) is 24.6 Å². The fourth-order valence-corrected chi connectivity index (χ4v) is 2.54. The third-order valence-corrected chi connectivity index (χ3v) is 4.19. The Hall–Kier alpha value is -2.35. The van der Waals surface area contributed by atoms with Gasteiger partial charge in [0.05, 0.1) is 0 Å². The molecule has 0 bridgehead atoms. The molecule has 0 radical (unpaired) electrons. The zero-order valence-corrected chi connectivity index (χ0v) is 17.9. The second kappa shape index (κ2) is 12.5. The molecule has 0 heterocycles. The van der Waals surface area contributed by atoms with Crippen molar-refractivity contribution in [3.05, 3.63) is 59.7 Å². The van der Waals surface area contributed by atoms with E-state index in [4.69, 9.17) is 26.6 Å². The number of aromatic hydroxyl groups is 2. The monoisotopic (exact) mass is 504 g/mol. The van der Waals surface area contributed by atoms with Crippen LogP contribution in [0.2, 0.25) is 0 Å². The van der Waals surface area contributed by atoms with Gasteiger partial charge in [-0.2, -0.15) is 0 Å². The number of phenols is 2.